The van der Waals surface area contributed by atoms with Crippen LogP contribution < -0.4 is 4.99 Å². The molecule has 1 heterocycles. The molecule has 0 unspecified atom stereocenters. The zero-order valence-corrected chi connectivity index (χ0v) is 4.12. The standard InChI is InChI=1S/C3H5NOS/c1-2-5-6-3-4-1/h3H,1-2H2/p+1. The van der Waals surface area contributed by atoms with Gasteiger partial charge in [-0.25, -0.2) is 4.99 Å². The van der Waals surface area contributed by atoms with E-state index in [-0.39, 0.29) is 0 Å². The summed E-state index contributed by atoms with van der Waals surface area (Å²) in [5, 5.41) is 0. The van der Waals surface area contributed by atoms with Gasteiger partial charge in [-0.3, -0.25) is 4.18 Å². The number of hydrogen-bond donors (Lipinski definition) is 1. The van der Waals surface area contributed by atoms with Crippen LogP contribution in [0.3, 0.4) is 0 Å². The van der Waals surface area contributed by atoms with Crippen LogP contribution in [0.25, 0.3) is 0 Å². The molecule has 0 bridgehead atoms. The van der Waals surface area contributed by atoms with Crippen molar-refractivity contribution in [3.05, 3.63) is 0 Å². The second kappa shape index (κ2) is 2.21. The average Bonchev–Trinajstić information content (AvgIpc) is 1.72. The summed E-state index contributed by atoms with van der Waals surface area (Å²) in [5.74, 6) is 0. The molecule has 3 heteroatoms. The lowest BCUT2D eigenvalue weighted by molar-refractivity contribution is -0.453. The summed E-state index contributed by atoms with van der Waals surface area (Å²) in [6.07, 6.45) is 0. The molecule has 0 aliphatic carbocycles. The van der Waals surface area contributed by atoms with E-state index in [1.165, 1.54) is 12.0 Å². The second-order valence-corrected chi connectivity index (χ2v) is 1.65. The van der Waals surface area contributed by atoms with E-state index in [0.717, 1.165) is 13.2 Å². The number of hydrogen-bond acceptors (Lipinski definition) is 2. The molecule has 1 N–H and O–H groups in total. The molecular weight excluding hydrogens is 98.1 g/mol. The molecule has 0 saturated carbocycles. The predicted molar refractivity (Wildman–Crippen MR) is 25.4 cm³/mol. The molecule has 0 atom stereocenters. The van der Waals surface area contributed by atoms with E-state index in [0.29, 0.717) is 0 Å². The molecule has 1 aliphatic heterocycles. The molecule has 6 heavy (non-hydrogen) atoms. The third-order valence-corrected chi connectivity index (χ3v) is 1.09. The van der Waals surface area contributed by atoms with E-state index >= 15 is 0 Å². The van der Waals surface area contributed by atoms with Crippen LogP contribution >= 0.6 is 12.0 Å². The quantitative estimate of drug-likeness (QED) is 0.389. The third-order valence-electron chi connectivity index (χ3n) is 0.529. The first-order chi connectivity index (χ1) is 3.00. The highest BCUT2D eigenvalue weighted by atomic mass is 32.2. The van der Waals surface area contributed by atoms with Crippen LogP contribution in [0.1, 0.15) is 0 Å². The van der Waals surface area contributed by atoms with Crippen molar-refractivity contribution in [1.29, 1.82) is 0 Å². The molecule has 0 fully saturated rings. The topological polar surface area (TPSA) is 23.2 Å². The maximum Gasteiger partial charge on any atom is 0.223 e. The van der Waals surface area contributed by atoms with E-state index < -0.39 is 0 Å². The zero-order chi connectivity index (χ0) is 4.24. The summed E-state index contributed by atoms with van der Waals surface area (Å²) in [5.41, 5.74) is 1.84. The maximum atomic E-state index is 4.87. The van der Waals surface area contributed by atoms with Gasteiger partial charge in [0.05, 0.1) is 12.0 Å². The first kappa shape index (κ1) is 4.15. The highest BCUT2D eigenvalue weighted by Crippen LogP contribution is 1.92. The van der Waals surface area contributed by atoms with Crippen molar-refractivity contribution in [3.8, 4) is 0 Å². The minimum atomic E-state index is 0.821. The van der Waals surface area contributed by atoms with E-state index in [2.05, 4.69) is 4.99 Å². The molecule has 0 amide bonds. The Bertz CT molecular complexity index is 55.8. The Kier molecular flexibility index (Phi) is 1.52. The van der Waals surface area contributed by atoms with E-state index in [1.54, 1.807) is 0 Å². The molecule has 1 rings (SSSR count). The van der Waals surface area contributed by atoms with E-state index in [4.69, 9.17) is 4.18 Å². The fraction of sp³-hybridized carbons (Fsp3) is 0.667. The van der Waals surface area contributed by atoms with Crippen LogP contribution in [0.5, 0.6) is 0 Å². The first-order valence-corrected chi connectivity index (χ1v) is 2.64. The van der Waals surface area contributed by atoms with Crippen molar-refractivity contribution in [3.63, 3.8) is 0 Å². The molecule has 0 radical (unpaired) electrons. The summed E-state index contributed by atoms with van der Waals surface area (Å²) < 4.78 is 4.87. The highest BCUT2D eigenvalue weighted by molar-refractivity contribution is 8.07. The van der Waals surface area contributed by atoms with E-state index in [9.17, 15) is 0 Å². The minimum absolute atomic E-state index is 0.821. The summed E-state index contributed by atoms with van der Waals surface area (Å²) in [4.78, 5) is 3.00. The van der Waals surface area contributed by atoms with Gasteiger partial charge in [0.2, 0.25) is 5.55 Å². The average molecular weight is 104 g/mol. The lowest BCUT2D eigenvalue weighted by atomic mass is 10.7. The summed E-state index contributed by atoms with van der Waals surface area (Å²) >= 11 is 1.36. The zero-order valence-electron chi connectivity index (χ0n) is 3.31. The maximum absolute atomic E-state index is 4.87. The van der Waals surface area contributed by atoms with Gasteiger partial charge in [-0.1, -0.05) is 0 Å². The van der Waals surface area contributed by atoms with Gasteiger partial charge >= 0.3 is 0 Å². The normalized spacial score (nSPS) is 21.3. The van der Waals surface area contributed by atoms with Crippen molar-refractivity contribution >= 4 is 17.6 Å². The molecule has 2 nitrogen and oxygen atoms in total. The van der Waals surface area contributed by atoms with Crippen molar-refractivity contribution in [2.45, 2.75) is 0 Å². The van der Waals surface area contributed by atoms with Gasteiger partial charge < -0.3 is 0 Å². The Labute approximate surface area is 40.8 Å². The van der Waals surface area contributed by atoms with Gasteiger partial charge in [0, 0.05) is 0 Å². The Morgan fingerprint density at radius 3 is 3.00 bits per heavy atom. The number of rotatable bonds is 0. The predicted octanol–water partition coefficient (Wildman–Crippen LogP) is -1.23. The van der Waals surface area contributed by atoms with Gasteiger partial charge in [-0.05, 0) is 0 Å². The molecule has 0 spiro atoms. The van der Waals surface area contributed by atoms with Crippen LogP contribution in [-0.2, 0) is 4.18 Å². The first-order valence-electron chi connectivity index (χ1n) is 1.83. The smallest absolute Gasteiger partial charge is 0.223 e. The van der Waals surface area contributed by atoms with Crippen LogP contribution in [0.4, 0.5) is 0 Å². The largest absolute Gasteiger partial charge is 0.300 e. The summed E-state index contributed by atoms with van der Waals surface area (Å²) in [7, 11) is 0. The Balaban J connectivity index is 2.26. The van der Waals surface area contributed by atoms with Crippen LogP contribution in [0, 0.1) is 0 Å². The van der Waals surface area contributed by atoms with Gasteiger partial charge in [0.15, 0.2) is 6.54 Å². The van der Waals surface area contributed by atoms with Crippen LogP contribution in [0.2, 0.25) is 0 Å². The van der Waals surface area contributed by atoms with Crippen molar-refractivity contribution < 1.29 is 9.18 Å². The fourth-order valence-electron chi connectivity index (χ4n) is 0.276. The molecule has 0 aromatic heterocycles. The molecular formula is C3H6NOS+. The summed E-state index contributed by atoms with van der Waals surface area (Å²) in [6, 6.07) is 0. The summed E-state index contributed by atoms with van der Waals surface area (Å²) in [6.45, 7) is 1.77. The third kappa shape index (κ3) is 0.988. The van der Waals surface area contributed by atoms with Crippen molar-refractivity contribution in [2.24, 2.45) is 0 Å². The molecule has 0 aromatic carbocycles. The fourth-order valence-corrected chi connectivity index (χ4v) is 0.709. The van der Waals surface area contributed by atoms with Gasteiger partial charge in [0.25, 0.3) is 0 Å². The molecule has 34 valence electrons. The Morgan fingerprint density at radius 1 is 1.83 bits per heavy atom. The van der Waals surface area contributed by atoms with Crippen LogP contribution in [0.15, 0.2) is 0 Å². The minimum Gasteiger partial charge on any atom is -0.300 e. The van der Waals surface area contributed by atoms with Gasteiger partial charge in [0.1, 0.15) is 6.61 Å². The van der Waals surface area contributed by atoms with Gasteiger partial charge in [-0.2, -0.15) is 0 Å². The Hall–Kier alpha value is -0.0200. The number of nitrogens with one attached hydrogen (secondary N) is 1. The Morgan fingerprint density at radius 2 is 2.83 bits per heavy atom. The highest BCUT2D eigenvalue weighted by Gasteiger charge is 1.94. The van der Waals surface area contributed by atoms with Crippen molar-refractivity contribution in [1.82, 2.24) is 0 Å². The molecule has 1 aliphatic rings. The lowest BCUT2D eigenvalue weighted by Gasteiger charge is -1.93. The molecule has 0 saturated heterocycles. The monoisotopic (exact) mass is 104 g/mol. The second-order valence-electron chi connectivity index (χ2n) is 0.990. The lowest BCUT2D eigenvalue weighted by Crippen LogP contribution is -2.71. The van der Waals surface area contributed by atoms with Crippen molar-refractivity contribution in [2.75, 3.05) is 13.2 Å². The van der Waals surface area contributed by atoms with E-state index in [1.807, 2.05) is 5.55 Å². The molecule has 0 aromatic rings. The van der Waals surface area contributed by atoms with Gasteiger partial charge in [-0.15, -0.1) is 0 Å². The SMILES string of the molecule is C1=[NH+]CCOS1. The van der Waals surface area contributed by atoms with Crippen LogP contribution in [-0.4, -0.2) is 18.7 Å².